The minimum atomic E-state index is -4.62. The molecular weight excluding hydrogens is 437 g/mol. The molecule has 10 heteroatoms. The van der Waals surface area contributed by atoms with Crippen molar-refractivity contribution in [3.8, 4) is 0 Å². The van der Waals surface area contributed by atoms with Gasteiger partial charge in [0.05, 0.1) is 10.5 Å². The molecule has 0 aliphatic heterocycles. The molecule has 5 nitrogen and oxygen atoms in total. The van der Waals surface area contributed by atoms with Crippen LogP contribution in [0, 0.1) is 0 Å². The Morgan fingerprint density at radius 2 is 1.73 bits per heavy atom. The summed E-state index contributed by atoms with van der Waals surface area (Å²) in [5, 5.41) is 2.57. The summed E-state index contributed by atoms with van der Waals surface area (Å²) in [5.41, 5.74) is -0.506. The smallest absolute Gasteiger partial charge is 0.352 e. The van der Waals surface area contributed by atoms with Crippen LogP contribution in [0.1, 0.15) is 18.1 Å². The van der Waals surface area contributed by atoms with Crippen LogP contribution in [-0.2, 0) is 27.5 Å². The van der Waals surface area contributed by atoms with Crippen LogP contribution in [0.2, 0.25) is 0 Å². The molecule has 0 bridgehead atoms. The highest BCUT2D eigenvalue weighted by Crippen LogP contribution is 2.36. The fourth-order valence-electron chi connectivity index (χ4n) is 2.03. The number of alkyl halides is 3. The van der Waals surface area contributed by atoms with Gasteiger partial charge >= 0.3 is 6.18 Å². The molecular formula is C16H14BrF3N2O3S. The van der Waals surface area contributed by atoms with Crippen LogP contribution in [0.5, 0.6) is 0 Å². The Balaban J connectivity index is 2.22. The number of amides is 1. The second kappa shape index (κ2) is 7.67. The Hall–Kier alpha value is -2.07. The van der Waals surface area contributed by atoms with E-state index in [1.807, 2.05) is 0 Å². The first-order valence-corrected chi connectivity index (χ1v) is 9.49. The molecule has 0 radical (unpaired) electrons. The number of hydrogen-bond donors (Lipinski definition) is 2. The summed E-state index contributed by atoms with van der Waals surface area (Å²) in [6.45, 7) is 1.60. The number of sulfonamides is 1. The fraction of sp³-hybridized carbons (Fsp3) is 0.188. The van der Waals surface area contributed by atoms with Gasteiger partial charge in [0.1, 0.15) is 0 Å². The molecule has 2 N–H and O–H groups in total. The number of anilines is 1. The zero-order valence-electron chi connectivity index (χ0n) is 13.4. The van der Waals surface area contributed by atoms with Gasteiger partial charge in [-0.3, -0.25) is 9.52 Å². The van der Waals surface area contributed by atoms with E-state index in [2.05, 4.69) is 26.0 Å². The summed E-state index contributed by atoms with van der Waals surface area (Å²) in [6, 6.07) is 8.69. The Morgan fingerprint density at radius 1 is 1.12 bits per heavy atom. The Labute approximate surface area is 156 Å². The topological polar surface area (TPSA) is 75.3 Å². The predicted octanol–water partition coefficient (Wildman–Crippen LogP) is 3.90. The van der Waals surface area contributed by atoms with Gasteiger partial charge in [-0.15, -0.1) is 0 Å². The molecule has 0 aliphatic rings. The lowest BCUT2D eigenvalue weighted by Crippen LogP contribution is -2.19. The van der Waals surface area contributed by atoms with Gasteiger partial charge in [-0.25, -0.2) is 8.42 Å². The monoisotopic (exact) mass is 450 g/mol. The summed E-state index contributed by atoms with van der Waals surface area (Å²) in [4.78, 5) is 10.8. The highest BCUT2D eigenvalue weighted by Gasteiger charge is 2.33. The third-order valence-electron chi connectivity index (χ3n) is 3.30. The van der Waals surface area contributed by atoms with Crippen molar-refractivity contribution in [1.29, 1.82) is 0 Å². The van der Waals surface area contributed by atoms with Crippen molar-refractivity contribution < 1.29 is 26.4 Å². The molecule has 0 spiro atoms. The largest absolute Gasteiger partial charge is 0.417 e. The minimum absolute atomic E-state index is 0.111. The van der Waals surface area contributed by atoms with Crippen molar-refractivity contribution >= 4 is 37.5 Å². The molecule has 1 amide bonds. The number of nitrogens with one attached hydrogen (secondary N) is 2. The highest BCUT2D eigenvalue weighted by molar-refractivity contribution is 9.10. The van der Waals surface area contributed by atoms with Gasteiger partial charge in [0.25, 0.3) is 10.0 Å². The molecule has 0 aromatic heterocycles. The molecule has 26 heavy (non-hydrogen) atoms. The van der Waals surface area contributed by atoms with Crippen LogP contribution < -0.4 is 10.0 Å². The number of carbonyl (C=O) groups is 1. The fourth-order valence-corrected chi connectivity index (χ4v) is 3.55. The summed E-state index contributed by atoms with van der Waals surface area (Å²) in [5.74, 6) is -0.223. The van der Waals surface area contributed by atoms with E-state index in [0.717, 1.165) is 6.07 Å². The Bertz CT molecular complexity index is 913. The maximum absolute atomic E-state index is 12.9. The zero-order valence-corrected chi connectivity index (χ0v) is 15.8. The molecule has 0 heterocycles. The SMILES string of the molecule is CC(=O)NCc1ccc(S(=O)(=O)Nc2ccc(Br)c(C(F)(F)F)c2)cc1. The van der Waals surface area contributed by atoms with Gasteiger partial charge < -0.3 is 5.32 Å². The van der Waals surface area contributed by atoms with E-state index in [0.29, 0.717) is 11.6 Å². The van der Waals surface area contributed by atoms with E-state index < -0.39 is 21.8 Å². The van der Waals surface area contributed by atoms with Gasteiger partial charge in [-0.1, -0.05) is 28.1 Å². The number of hydrogen-bond acceptors (Lipinski definition) is 3. The van der Waals surface area contributed by atoms with Crippen molar-refractivity contribution in [3.05, 3.63) is 58.1 Å². The first-order valence-electron chi connectivity index (χ1n) is 7.22. The van der Waals surface area contributed by atoms with E-state index in [1.165, 1.54) is 37.3 Å². The summed E-state index contributed by atoms with van der Waals surface area (Å²) in [7, 11) is -4.06. The second-order valence-corrected chi connectivity index (χ2v) is 7.89. The zero-order chi connectivity index (χ0) is 19.5. The summed E-state index contributed by atoms with van der Waals surface area (Å²) < 4.78 is 65.4. The van der Waals surface area contributed by atoms with Crippen LogP contribution in [0.15, 0.2) is 51.8 Å². The summed E-state index contributed by atoms with van der Waals surface area (Å²) in [6.07, 6.45) is -4.62. The van der Waals surface area contributed by atoms with E-state index in [1.54, 1.807) is 0 Å². The third-order valence-corrected chi connectivity index (χ3v) is 5.39. The van der Waals surface area contributed by atoms with Crippen molar-refractivity contribution in [3.63, 3.8) is 0 Å². The highest BCUT2D eigenvalue weighted by atomic mass is 79.9. The molecule has 0 unspecified atom stereocenters. The number of halogens is 4. The molecule has 2 aromatic rings. The van der Waals surface area contributed by atoms with Gasteiger partial charge in [-0.05, 0) is 35.9 Å². The van der Waals surface area contributed by atoms with E-state index >= 15 is 0 Å². The van der Waals surface area contributed by atoms with Crippen molar-refractivity contribution in [2.45, 2.75) is 24.5 Å². The van der Waals surface area contributed by atoms with Gasteiger partial charge in [-0.2, -0.15) is 13.2 Å². The Morgan fingerprint density at radius 3 is 2.27 bits per heavy atom. The number of rotatable bonds is 5. The number of benzene rings is 2. The average Bonchev–Trinajstić information content (AvgIpc) is 2.54. The molecule has 2 rings (SSSR count). The molecule has 0 saturated heterocycles. The maximum atomic E-state index is 12.9. The Kier molecular flexibility index (Phi) is 5.97. The molecule has 140 valence electrons. The van der Waals surface area contributed by atoms with Gasteiger partial charge in [0, 0.05) is 23.6 Å². The van der Waals surface area contributed by atoms with Crippen molar-refractivity contribution in [2.75, 3.05) is 4.72 Å². The predicted molar refractivity (Wildman–Crippen MR) is 93.9 cm³/mol. The molecule has 0 atom stereocenters. The third kappa shape index (κ3) is 5.21. The maximum Gasteiger partial charge on any atom is 0.417 e. The minimum Gasteiger partial charge on any atom is -0.352 e. The van der Waals surface area contributed by atoms with E-state index in [9.17, 15) is 26.4 Å². The van der Waals surface area contributed by atoms with Gasteiger partial charge in [0.15, 0.2) is 0 Å². The normalized spacial score (nSPS) is 11.9. The van der Waals surface area contributed by atoms with Crippen LogP contribution in [0.3, 0.4) is 0 Å². The second-order valence-electron chi connectivity index (χ2n) is 5.35. The quantitative estimate of drug-likeness (QED) is 0.724. The lowest BCUT2D eigenvalue weighted by atomic mass is 10.2. The van der Waals surface area contributed by atoms with E-state index in [-0.39, 0.29) is 27.5 Å². The molecule has 2 aromatic carbocycles. The summed E-state index contributed by atoms with van der Waals surface area (Å²) >= 11 is 2.80. The standard InChI is InChI=1S/C16H14BrF3N2O3S/c1-10(23)21-9-11-2-5-13(6-3-11)26(24,25)22-12-4-7-15(17)14(8-12)16(18,19)20/h2-8,22H,9H2,1H3,(H,21,23). The molecule has 0 saturated carbocycles. The van der Waals surface area contributed by atoms with Crippen LogP contribution >= 0.6 is 15.9 Å². The molecule has 0 aliphatic carbocycles. The van der Waals surface area contributed by atoms with Gasteiger partial charge in [0.2, 0.25) is 5.91 Å². The van der Waals surface area contributed by atoms with Crippen LogP contribution in [0.25, 0.3) is 0 Å². The van der Waals surface area contributed by atoms with Crippen LogP contribution in [-0.4, -0.2) is 14.3 Å². The first kappa shape index (κ1) is 20.2. The van der Waals surface area contributed by atoms with Crippen molar-refractivity contribution in [2.24, 2.45) is 0 Å². The molecule has 0 fully saturated rings. The van der Waals surface area contributed by atoms with Crippen LogP contribution in [0.4, 0.5) is 18.9 Å². The average molecular weight is 451 g/mol. The van der Waals surface area contributed by atoms with Crippen molar-refractivity contribution in [1.82, 2.24) is 5.32 Å². The first-order chi connectivity index (χ1) is 12.0. The lowest BCUT2D eigenvalue weighted by Gasteiger charge is -2.13. The number of carbonyl (C=O) groups excluding carboxylic acids is 1. The van der Waals surface area contributed by atoms with E-state index in [4.69, 9.17) is 0 Å². The lowest BCUT2D eigenvalue weighted by molar-refractivity contribution is -0.138.